The van der Waals surface area contributed by atoms with Crippen LogP contribution in [0.3, 0.4) is 0 Å². The van der Waals surface area contributed by atoms with Crippen molar-refractivity contribution < 1.29 is 4.79 Å². The number of hydrogen-bond donors (Lipinski definition) is 0. The molecule has 1 aliphatic rings. The Hall–Kier alpha value is -1.14. The molecule has 1 saturated carbocycles. The molecule has 1 aliphatic carbocycles. The summed E-state index contributed by atoms with van der Waals surface area (Å²) in [6.07, 6.45) is 6.50. The first-order chi connectivity index (χ1) is 11.9. The minimum atomic E-state index is 0.209. The molecule has 2 rings (SSSR count). The molecule has 0 bridgehead atoms. The third kappa shape index (κ3) is 7.32. The van der Waals surface area contributed by atoms with Crippen LogP contribution in [0.15, 0.2) is 11.2 Å². The average Bonchev–Trinajstić information content (AvgIpc) is 2.56. The van der Waals surface area contributed by atoms with Crippen LogP contribution in [-0.4, -0.2) is 65.2 Å². The summed E-state index contributed by atoms with van der Waals surface area (Å²) in [6, 6.07) is 1.96. The number of rotatable bonds is 8. The molecular weight excluding hydrogens is 332 g/mol. The van der Waals surface area contributed by atoms with Crippen LogP contribution in [0.2, 0.25) is 0 Å². The van der Waals surface area contributed by atoms with Crippen molar-refractivity contribution in [3.63, 3.8) is 0 Å². The van der Waals surface area contributed by atoms with E-state index in [2.05, 4.69) is 33.9 Å². The van der Waals surface area contributed by atoms with Gasteiger partial charge in [-0.25, -0.2) is 9.97 Å². The van der Waals surface area contributed by atoms with E-state index in [4.69, 9.17) is 0 Å². The standard InChI is InChI=1S/C19H32N4OS/c1-15-12-16(2)21-19(20-15)25-14-18(24)23(11-10-22(3)4)13-17-8-6-5-7-9-17/h12,17H,5-11,13-14H2,1-4H3. The maximum Gasteiger partial charge on any atom is 0.233 e. The highest BCUT2D eigenvalue weighted by Gasteiger charge is 2.21. The lowest BCUT2D eigenvalue weighted by Crippen LogP contribution is -2.41. The van der Waals surface area contributed by atoms with Gasteiger partial charge in [-0.1, -0.05) is 31.0 Å². The fourth-order valence-electron chi connectivity index (χ4n) is 3.30. The molecule has 1 amide bonds. The van der Waals surface area contributed by atoms with Gasteiger partial charge in [0, 0.05) is 31.0 Å². The SMILES string of the molecule is Cc1cc(C)nc(SCC(=O)N(CCN(C)C)CC2CCCCC2)n1. The zero-order valence-electron chi connectivity index (χ0n) is 16.1. The molecular formula is C19H32N4OS. The van der Waals surface area contributed by atoms with Crippen LogP contribution in [0.1, 0.15) is 43.5 Å². The third-order valence-electron chi connectivity index (χ3n) is 4.66. The van der Waals surface area contributed by atoms with Gasteiger partial charge in [-0.05, 0) is 52.8 Å². The quantitative estimate of drug-likeness (QED) is 0.524. The Labute approximate surface area is 156 Å². The Kier molecular flexibility index (Phi) is 8.16. The molecule has 0 aromatic carbocycles. The topological polar surface area (TPSA) is 49.3 Å². The van der Waals surface area contributed by atoms with Crippen LogP contribution >= 0.6 is 11.8 Å². The fraction of sp³-hybridized carbons (Fsp3) is 0.737. The van der Waals surface area contributed by atoms with E-state index in [9.17, 15) is 4.79 Å². The number of carbonyl (C=O) groups excluding carboxylic acids is 1. The Morgan fingerprint density at radius 2 is 1.76 bits per heavy atom. The van der Waals surface area contributed by atoms with Gasteiger partial charge in [0.15, 0.2) is 5.16 Å². The van der Waals surface area contributed by atoms with Gasteiger partial charge in [0.05, 0.1) is 5.75 Å². The minimum absolute atomic E-state index is 0.209. The van der Waals surface area contributed by atoms with Crippen LogP contribution in [-0.2, 0) is 4.79 Å². The van der Waals surface area contributed by atoms with Crippen molar-refractivity contribution in [1.82, 2.24) is 19.8 Å². The first kappa shape index (κ1) is 20.2. The first-order valence-electron chi connectivity index (χ1n) is 9.31. The van der Waals surface area contributed by atoms with Crippen molar-refractivity contribution in [1.29, 1.82) is 0 Å². The summed E-state index contributed by atoms with van der Waals surface area (Å²) in [5.74, 6) is 1.30. The van der Waals surface area contributed by atoms with Crippen LogP contribution in [0.25, 0.3) is 0 Å². The number of thioether (sulfide) groups is 1. The van der Waals surface area contributed by atoms with Crippen molar-refractivity contribution in [2.45, 2.75) is 51.1 Å². The van der Waals surface area contributed by atoms with Crippen molar-refractivity contribution in [2.24, 2.45) is 5.92 Å². The second-order valence-corrected chi connectivity index (χ2v) is 8.31. The van der Waals surface area contributed by atoms with Gasteiger partial charge in [-0.15, -0.1) is 0 Å². The van der Waals surface area contributed by atoms with Crippen LogP contribution in [0, 0.1) is 19.8 Å². The minimum Gasteiger partial charge on any atom is -0.340 e. The molecule has 0 spiro atoms. The summed E-state index contributed by atoms with van der Waals surface area (Å²) in [6.45, 7) is 6.54. The summed E-state index contributed by atoms with van der Waals surface area (Å²) in [4.78, 5) is 25.9. The number of aryl methyl sites for hydroxylation is 2. The van der Waals surface area contributed by atoms with E-state index >= 15 is 0 Å². The average molecular weight is 365 g/mol. The highest BCUT2D eigenvalue weighted by molar-refractivity contribution is 7.99. The maximum absolute atomic E-state index is 12.8. The lowest BCUT2D eigenvalue weighted by Gasteiger charge is -2.30. The van der Waals surface area contributed by atoms with Crippen molar-refractivity contribution in [3.05, 3.63) is 17.5 Å². The zero-order valence-corrected chi connectivity index (χ0v) is 16.9. The van der Waals surface area contributed by atoms with E-state index in [1.807, 2.05) is 19.9 Å². The molecule has 0 atom stereocenters. The second-order valence-electron chi connectivity index (χ2n) is 7.37. The summed E-state index contributed by atoms with van der Waals surface area (Å²) >= 11 is 1.45. The van der Waals surface area contributed by atoms with Gasteiger partial charge in [0.2, 0.25) is 5.91 Å². The van der Waals surface area contributed by atoms with E-state index in [-0.39, 0.29) is 5.91 Å². The highest BCUT2D eigenvalue weighted by Crippen LogP contribution is 2.25. The van der Waals surface area contributed by atoms with Crippen LogP contribution < -0.4 is 0 Å². The predicted octanol–water partition coefficient (Wildman–Crippen LogP) is 3.16. The molecule has 1 aromatic heterocycles. The van der Waals surface area contributed by atoms with Gasteiger partial charge in [-0.3, -0.25) is 4.79 Å². The van der Waals surface area contributed by atoms with E-state index in [0.29, 0.717) is 16.8 Å². The molecule has 0 aliphatic heterocycles. The molecule has 1 aromatic rings. The molecule has 5 nitrogen and oxygen atoms in total. The third-order valence-corrected chi connectivity index (χ3v) is 5.49. The first-order valence-corrected chi connectivity index (χ1v) is 10.3. The maximum atomic E-state index is 12.8. The van der Waals surface area contributed by atoms with E-state index in [1.165, 1.54) is 43.9 Å². The summed E-state index contributed by atoms with van der Waals surface area (Å²) in [5, 5.41) is 0.705. The van der Waals surface area contributed by atoms with E-state index < -0.39 is 0 Å². The van der Waals surface area contributed by atoms with Gasteiger partial charge in [0.25, 0.3) is 0 Å². The number of likely N-dealkylation sites (N-methyl/N-ethyl adjacent to an activating group) is 1. The molecule has 1 heterocycles. The van der Waals surface area contributed by atoms with E-state index in [1.54, 1.807) is 0 Å². The number of amides is 1. The normalized spacial score (nSPS) is 15.6. The zero-order chi connectivity index (χ0) is 18.2. The molecule has 0 saturated heterocycles. The molecule has 0 unspecified atom stereocenters. The number of hydrogen-bond acceptors (Lipinski definition) is 5. The van der Waals surface area contributed by atoms with Crippen molar-refractivity contribution in [2.75, 3.05) is 39.5 Å². The van der Waals surface area contributed by atoms with E-state index in [0.717, 1.165) is 31.0 Å². The van der Waals surface area contributed by atoms with Crippen molar-refractivity contribution in [3.8, 4) is 0 Å². The smallest absolute Gasteiger partial charge is 0.233 e. The number of nitrogens with zero attached hydrogens (tertiary/aromatic N) is 4. The summed E-state index contributed by atoms with van der Waals surface area (Å²) in [5.41, 5.74) is 1.91. The Bertz CT molecular complexity index is 538. The molecule has 0 radical (unpaired) electrons. The lowest BCUT2D eigenvalue weighted by molar-refractivity contribution is -0.129. The van der Waals surface area contributed by atoms with Crippen molar-refractivity contribution >= 4 is 17.7 Å². The molecule has 6 heteroatoms. The van der Waals surface area contributed by atoms with Crippen LogP contribution in [0.5, 0.6) is 0 Å². The summed E-state index contributed by atoms with van der Waals surface area (Å²) < 4.78 is 0. The van der Waals surface area contributed by atoms with Gasteiger partial charge < -0.3 is 9.80 Å². The summed E-state index contributed by atoms with van der Waals surface area (Å²) in [7, 11) is 4.11. The molecule has 0 N–H and O–H groups in total. The molecule has 25 heavy (non-hydrogen) atoms. The Morgan fingerprint density at radius 3 is 2.36 bits per heavy atom. The molecule has 140 valence electrons. The van der Waals surface area contributed by atoms with Crippen LogP contribution in [0.4, 0.5) is 0 Å². The Morgan fingerprint density at radius 1 is 1.12 bits per heavy atom. The van der Waals surface area contributed by atoms with Gasteiger partial charge in [-0.2, -0.15) is 0 Å². The fourth-order valence-corrected chi connectivity index (χ4v) is 4.15. The molecule has 1 fully saturated rings. The predicted molar refractivity (Wildman–Crippen MR) is 104 cm³/mol. The number of carbonyl (C=O) groups is 1. The van der Waals surface area contributed by atoms with Gasteiger partial charge >= 0.3 is 0 Å². The van der Waals surface area contributed by atoms with Gasteiger partial charge in [0.1, 0.15) is 0 Å². The monoisotopic (exact) mass is 364 g/mol. The highest BCUT2D eigenvalue weighted by atomic mass is 32.2. The largest absolute Gasteiger partial charge is 0.340 e. The second kappa shape index (κ2) is 10.1. The Balaban J connectivity index is 1.92. The lowest BCUT2D eigenvalue weighted by atomic mass is 9.89. The number of aromatic nitrogens is 2.